The van der Waals surface area contributed by atoms with E-state index in [0.717, 1.165) is 5.56 Å². The normalized spacial score (nSPS) is 40.4. The Labute approximate surface area is 173 Å². The van der Waals surface area contributed by atoms with Crippen molar-refractivity contribution in [2.24, 2.45) is 33.7 Å². The van der Waals surface area contributed by atoms with Gasteiger partial charge >= 0.3 is 11.9 Å². The van der Waals surface area contributed by atoms with Crippen LogP contribution in [-0.2, 0) is 23.9 Å². The van der Waals surface area contributed by atoms with Gasteiger partial charge in [-0.1, -0.05) is 19.0 Å². The summed E-state index contributed by atoms with van der Waals surface area (Å²) in [5.41, 5.74) is 8.27. The Kier molecular flexibility index (Phi) is 4.89. The molecular formula is C21H25N3O6. The van der Waals surface area contributed by atoms with Gasteiger partial charge in [-0.15, -0.1) is 0 Å². The van der Waals surface area contributed by atoms with Crippen LogP contribution < -0.4 is 0 Å². The van der Waals surface area contributed by atoms with E-state index in [9.17, 15) is 14.4 Å². The lowest BCUT2D eigenvalue weighted by Crippen LogP contribution is -2.64. The number of cyclic esters (lactones) is 1. The van der Waals surface area contributed by atoms with Crippen molar-refractivity contribution >= 4 is 17.7 Å². The van der Waals surface area contributed by atoms with Crippen molar-refractivity contribution in [1.29, 1.82) is 0 Å². The first kappa shape index (κ1) is 20.5. The number of furan rings is 1. The Morgan fingerprint density at radius 2 is 2.10 bits per heavy atom. The van der Waals surface area contributed by atoms with Crippen molar-refractivity contribution in [3.63, 3.8) is 0 Å². The minimum Gasteiger partial charge on any atom is -0.472 e. The maximum atomic E-state index is 13.6. The molecule has 1 saturated heterocycles. The standard InChI is InChI=1S/C21H25N3O6/c1-20-6-4-12-19(27)30-15(11-5-7-29-10-11)9-21(12,2)17(20)16(25)14(23-24-22)8-13(20)18(26)28-3/h5,7,10,12-15,17H,4,6,8-9H2,1-3H3/t12-,13-,14-,15-,17-,20-,21-/m0/s1. The molecule has 160 valence electrons. The molecule has 0 aromatic carbocycles. The van der Waals surface area contributed by atoms with E-state index in [-0.39, 0.29) is 18.2 Å². The largest absolute Gasteiger partial charge is 0.472 e. The van der Waals surface area contributed by atoms with Crippen molar-refractivity contribution < 1.29 is 28.3 Å². The van der Waals surface area contributed by atoms with Gasteiger partial charge in [0.05, 0.1) is 37.5 Å². The summed E-state index contributed by atoms with van der Waals surface area (Å²) in [6, 6.07) is 0.782. The molecule has 1 aromatic rings. The number of carbonyl (C=O) groups is 3. The summed E-state index contributed by atoms with van der Waals surface area (Å²) in [6.45, 7) is 3.86. The number of Topliss-reactive ketones (excluding diaryl/α,β-unsaturated/α-hetero) is 1. The second-order valence-corrected chi connectivity index (χ2v) is 9.16. The van der Waals surface area contributed by atoms with Crippen LogP contribution in [0.4, 0.5) is 0 Å². The molecule has 2 aliphatic carbocycles. The van der Waals surface area contributed by atoms with Crippen LogP contribution in [0.3, 0.4) is 0 Å². The van der Waals surface area contributed by atoms with Gasteiger partial charge in [-0.2, -0.15) is 0 Å². The van der Waals surface area contributed by atoms with Gasteiger partial charge in [-0.3, -0.25) is 14.4 Å². The zero-order valence-electron chi connectivity index (χ0n) is 17.2. The van der Waals surface area contributed by atoms with Crippen LogP contribution in [-0.4, -0.2) is 30.9 Å². The van der Waals surface area contributed by atoms with E-state index in [1.807, 2.05) is 13.8 Å². The van der Waals surface area contributed by atoms with Crippen LogP contribution in [0, 0.1) is 28.6 Å². The minimum atomic E-state index is -0.960. The van der Waals surface area contributed by atoms with E-state index in [2.05, 4.69) is 10.0 Å². The molecular weight excluding hydrogens is 390 g/mol. The highest BCUT2D eigenvalue weighted by molar-refractivity contribution is 5.92. The molecule has 0 bridgehead atoms. The number of ether oxygens (including phenoxy) is 2. The third kappa shape index (κ3) is 2.83. The lowest BCUT2D eigenvalue weighted by Gasteiger charge is -2.61. The number of ketones is 1. The number of esters is 2. The summed E-state index contributed by atoms with van der Waals surface area (Å²) in [5.74, 6) is -2.66. The van der Waals surface area contributed by atoms with Gasteiger partial charge in [0, 0.05) is 16.4 Å². The molecule has 1 aromatic heterocycles. The third-order valence-electron chi connectivity index (χ3n) is 7.71. The quantitative estimate of drug-likeness (QED) is 0.320. The summed E-state index contributed by atoms with van der Waals surface area (Å²) >= 11 is 0. The highest BCUT2D eigenvalue weighted by Gasteiger charge is 2.67. The van der Waals surface area contributed by atoms with E-state index in [1.165, 1.54) is 19.6 Å². The molecule has 2 heterocycles. The molecule has 3 aliphatic rings. The zero-order chi connectivity index (χ0) is 21.7. The van der Waals surface area contributed by atoms with Crippen molar-refractivity contribution in [2.45, 2.75) is 51.7 Å². The zero-order valence-corrected chi connectivity index (χ0v) is 17.2. The number of fused-ring (bicyclic) bond motifs is 3. The minimum absolute atomic E-state index is 0.124. The molecule has 0 radical (unpaired) electrons. The van der Waals surface area contributed by atoms with Gasteiger partial charge in [0.15, 0.2) is 0 Å². The van der Waals surface area contributed by atoms with Crippen LogP contribution in [0.2, 0.25) is 0 Å². The van der Waals surface area contributed by atoms with Gasteiger partial charge in [-0.05, 0) is 48.1 Å². The first-order chi connectivity index (χ1) is 14.3. The number of hydrogen-bond donors (Lipinski definition) is 0. The fourth-order valence-electron chi connectivity index (χ4n) is 6.34. The number of nitrogens with zero attached hydrogens (tertiary/aromatic N) is 3. The molecule has 0 N–H and O–H groups in total. The maximum absolute atomic E-state index is 13.6. The predicted molar refractivity (Wildman–Crippen MR) is 103 cm³/mol. The molecule has 30 heavy (non-hydrogen) atoms. The molecule has 9 heteroatoms. The van der Waals surface area contributed by atoms with E-state index in [1.54, 1.807) is 6.07 Å². The Morgan fingerprint density at radius 3 is 2.73 bits per heavy atom. The second-order valence-electron chi connectivity index (χ2n) is 9.16. The fraction of sp³-hybridized carbons (Fsp3) is 0.667. The van der Waals surface area contributed by atoms with E-state index < -0.39 is 46.7 Å². The van der Waals surface area contributed by atoms with Crippen molar-refractivity contribution in [2.75, 3.05) is 7.11 Å². The summed E-state index contributed by atoms with van der Waals surface area (Å²) in [4.78, 5) is 42.1. The molecule has 1 aliphatic heterocycles. The third-order valence-corrected chi connectivity index (χ3v) is 7.71. The van der Waals surface area contributed by atoms with E-state index in [0.29, 0.717) is 19.3 Å². The summed E-state index contributed by atoms with van der Waals surface area (Å²) < 4.78 is 15.9. The van der Waals surface area contributed by atoms with Gasteiger partial charge in [0.1, 0.15) is 11.9 Å². The number of methoxy groups -OCH3 is 1. The second kappa shape index (κ2) is 7.16. The first-order valence-corrected chi connectivity index (χ1v) is 10.1. The molecule has 3 fully saturated rings. The first-order valence-electron chi connectivity index (χ1n) is 10.1. The van der Waals surface area contributed by atoms with Crippen LogP contribution in [0.1, 0.15) is 51.2 Å². The van der Waals surface area contributed by atoms with Gasteiger partial charge in [0.25, 0.3) is 0 Å². The molecule has 7 atom stereocenters. The lowest BCUT2D eigenvalue weighted by atomic mass is 9.43. The topological polar surface area (TPSA) is 132 Å². The summed E-state index contributed by atoms with van der Waals surface area (Å²) in [5, 5.41) is 3.70. The van der Waals surface area contributed by atoms with Crippen LogP contribution in [0.5, 0.6) is 0 Å². The summed E-state index contributed by atoms with van der Waals surface area (Å²) in [6.07, 6.45) is 4.09. The molecule has 9 nitrogen and oxygen atoms in total. The summed E-state index contributed by atoms with van der Waals surface area (Å²) in [7, 11) is 1.32. The number of rotatable bonds is 3. The Hall–Kier alpha value is -2.80. The molecule has 2 saturated carbocycles. The number of carbonyl (C=O) groups excluding carboxylic acids is 3. The van der Waals surface area contributed by atoms with Crippen molar-refractivity contribution in [3.8, 4) is 0 Å². The van der Waals surface area contributed by atoms with Crippen molar-refractivity contribution in [1.82, 2.24) is 0 Å². The Bertz CT molecular complexity index is 923. The maximum Gasteiger partial charge on any atom is 0.310 e. The number of azide groups is 1. The Morgan fingerprint density at radius 1 is 1.33 bits per heavy atom. The van der Waals surface area contributed by atoms with Gasteiger partial charge < -0.3 is 13.9 Å². The molecule has 0 amide bonds. The highest BCUT2D eigenvalue weighted by Crippen LogP contribution is 2.65. The van der Waals surface area contributed by atoms with E-state index in [4.69, 9.17) is 19.4 Å². The van der Waals surface area contributed by atoms with Gasteiger partial charge in [-0.25, -0.2) is 0 Å². The van der Waals surface area contributed by atoms with Gasteiger partial charge in [0.2, 0.25) is 0 Å². The van der Waals surface area contributed by atoms with Crippen LogP contribution in [0.15, 0.2) is 28.1 Å². The monoisotopic (exact) mass is 415 g/mol. The highest BCUT2D eigenvalue weighted by atomic mass is 16.5. The van der Waals surface area contributed by atoms with Crippen LogP contribution in [0.25, 0.3) is 10.4 Å². The Balaban J connectivity index is 1.82. The number of hydrogen-bond acceptors (Lipinski definition) is 7. The smallest absolute Gasteiger partial charge is 0.310 e. The molecule has 0 spiro atoms. The van der Waals surface area contributed by atoms with Crippen molar-refractivity contribution in [3.05, 3.63) is 34.6 Å². The lowest BCUT2D eigenvalue weighted by molar-refractivity contribution is -0.203. The van der Waals surface area contributed by atoms with E-state index >= 15 is 0 Å². The average molecular weight is 415 g/mol. The molecule has 4 rings (SSSR count). The fourth-order valence-corrected chi connectivity index (χ4v) is 6.34. The SMILES string of the molecule is COC(=O)[C@@H]1C[C@H](N=[N+]=[N-])C(=O)[C@H]2[C@@]1(C)CC[C@H]1C(=O)O[C@H](c3ccoc3)C[C@]21C. The van der Waals surface area contributed by atoms with Crippen LogP contribution >= 0.6 is 0 Å². The molecule has 0 unspecified atom stereocenters. The predicted octanol–water partition coefficient (Wildman–Crippen LogP) is 3.75. The average Bonchev–Trinajstić information content (AvgIpc) is 3.23.